The Bertz CT molecular complexity index is 1350. The summed E-state index contributed by atoms with van der Waals surface area (Å²) < 4.78 is 68.2. The number of hydrogen-bond acceptors (Lipinski definition) is 6. The second kappa shape index (κ2) is 8.86. The van der Waals surface area contributed by atoms with Crippen LogP contribution < -0.4 is 5.32 Å². The maximum absolute atomic E-state index is 13.5. The molecule has 3 aromatic rings. The molecule has 0 atom stereocenters. The van der Waals surface area contributed by atoms with Crippen LogP contribution in [-0.4, -0.2) is 33.4 Å². The van der Waals surface area contributed by atoms with Gasteiger partial charge in [-0.05, 0) is 61.3 Å². The third-order valence-electron chi connectivity index (χ3n) is 7.61. The summed E-state index contributed by atoms with van der Waals surface area (Å²) in [6.45, 7) is 2.25. The number of sulfone groups is 1. The second-order valence-electron chi connectivity index (χ2n) is 10.3. The molecule has 5 rings (SSSR count). The Morgan fingerprint density at radius 1 is 1.08 bits per heavy atom. The standard InChI is InChI=1S/C25H28F3N5O2S/c1-16-7-9-24(10-8-16)11-20(12-24)36(34,35)19-5-3-18(4-6-19)31-23-29-14-21(25(26,27)28)22(32-23)17-13-30-33(2)15-17/h3-6,13-16,20H,7-12H2,1-2H3,(H,29,31,32). The molecule has 36 heavy (non-hydrogen) atoms. The van der Waals surface area contributed by atoms with Crippen LogP contribution in [0, 0.1) is 11.3 Å². The van der Waals surface area contributed by atoms with Gasteiger partial charge < -0.3 is 5.32 Å². The van der Waals surface area contributed by atoms with E-state index in [1.807, 2.05) is 0 Å². The third kappa shape index (κ3) is 4.72. The Balaban J connectivity index is 1.31. The third-order valence-corrected chi connectivity index (χ3v) is 9.75. The van der Waals surface area contributed by atoms with E-state index in [1.165, 1.54) is 42.0 Å². The molecule has 0 saturated heterocycles. The lowest BCUT2D eigenvalue weighted by atomic mass is 9.59. The van der Waals surface area contributed by atoms with Gasteiger partial charge in [-0.1, -0.05) is 19.8 Å². The average Bonchev–Trinajstić information content (AvgIpc) is 3.24. The average molecular weight is 520 g/mol. The smallest absolute Gasteiger partial charge is 0.324 e. The molecule has 2 fully saturated rings. The normalized spacial score (nSPS) is 24.5. The fraction of sp³-hybridized carbons (Fsp3) is 0.480. The van der Waals surface area contributed by atoms with Crippen molar-refractivity contribution in [3.8, 4) is 11.3 Å². The van der Waals surface area contributed by atoms with Gasteiger partial charge in [0.1, 0.15) is 5.56 Å². The van der Waals surface area contributed by atoms with Crippen molar-refractivity contribution in [2.45, 2.75) is 61.8 Å². The van der Waals surface area contributed by atoms with Gasteiger partial charge in [-0.15, -0.1) is 0 Å². The number of aromatic nitrogens is 4. The van der Waals surface area contributed by atoms with Gasteiger partial charge >= 0.3 is 6.18 Å². The summed E-state index contributed by atoms with van der Waals surface area (Å²) in [5, 5.41) is 6.45. The maximum Gasteiger partial charge on any atom is 0.419 e. The van der Waals surface area contributed by atoms with Gasteiger partial charge in [0, 0.05) is 30.7 Å². The first-order valence-electron chi connectivity index (χ1n) is 12.0. The largest absolute Gasteiger partial charge is 0.419 e. The van der Waals surface area contributed by atoms with E-state index in [2.05, 4.69) is 27.3 Å². The van der Waals surface area contributed by atoms with Crippen molar-refractivity contribution in [1.29, 1.82) is 0 Å². The highest BCUT2D eigenvalue weighted by Gasteiger charge is 2.50. The molecular weight excluding hydrogens is 491 g/mol. The van der Waals surface area contributed by atoms with Gasteiger partial charge in [0.2, 0.25) is 5.95 Å². The van der Waals surface area contributed by atoms with Crippen molar-refractivity contribution in [3.63, 3.8) is 0 Å². The van der Waals surface area contributed by atoms with Crippen LogP contribution in [0.2, 0.25) is 0 Å². The van der Waals surface area contributed by atoms with E-state index in [1.54, 1.807) is 19.2 Å². The molecule has 2 saturated carbocycles. The Labute approximate surface area is 208 Å². The second-order valence-corrected chi connectivity index (χ2v) is 12.5. The lowest BCUT2D eigenvalue weighted by molar-refractivity contribution is -0.137. The molecule has 1 aromatic carbocycles. The molecule has 2 aromatic heterocycles. The van der Waals surface area contributed by atoms with Crippen molar-refractivity contribution in [2.24, 2.45) is 18.4 Å². The molecule has 0 amide bonds. The number of nitrogens with one attached hydrogen (secondary N) is 1. The van der Waals surface area contributed by atoms with Crippen LogP contribution in [0.15, 0.2) is 47.8 Å². The first-order chi connectivity index (χ1) is 17.0. The molecule has 0 radical (unpaired) electrons. The summed E-state index contributed by atoms with van der Waals surface area (Å²) in [6, 6.07) is 6.21. The SMILES string of the molecule is CC1CCC2(CC1)CC(S(=O)(=O)c1ccc(Nc3ncc(C(F)(F)F)c(-c4cnn(C)c4)n3)cc1)C2. The number of hydrogen-bond donors (Lipinski definition) is 1. The minimum absolute atomic E-state index is 0.0371. The summed E-state index contributed by atoms with van der Waals surface area (Å²) in [7, 11) is -1.83. The van der Waals surface area contributed by atoms with E-state index < -0.39 is 21.6 Å². The molecular formula is C25H28F3N5O2S. The Hall–Kier alpha value is -2.95. The van der Waals surface area contributed by atoms with E-state index in [-0.39, 0.29) is 32.8 Å². The number of anilines is 2. The van der Waals surface area contributed by atoms with Crippen LogP contribution in [0.3, 0.4) is 0 Å². The van der Waals surface area contributed by atoms with Gasteiger partial charge in [-0.2, -0.15) is 18.3 Å². The van der Waals surface area contributed by atoms with Crippen molar-refractivity contribution in [2.75, 3.05) is 5.32 Å². The van der Waals surface area contributed by atoms with Crippen LogP contribution >= 0.6 is 0 Å². The van der Waals surface area contributed by atoms with E-state index in [9.17, 15) is 21.6 Å². The topological polar surface area (TPSA) is 89.8 Å². The van der Waals surface area contributed by atoms with Gasteiger partial charge in [0.15, 0.2) is 9.84 Å². The zero-order valence-corrected chi connectivity index (χ0v) is 20.9. The summed E-state index contributed by atoms with van der Waals surface area (Å²) in [5.74, 6) is 0.685. The summed E-state index contributed by atoms with van der Waals surface area (Å²) in [5.41, 5.74) is -0.381. The van der Waals surface area contributed by atoms with Crippen LogP contribution in [-0.2, 0) is 23.1 Å². The number of halogens is 3. The Morgan fingerprint density at radius 2 is 1.75 bits per heavy atom. The molecule has 0 aliphatic heterocycles. The molecule has 2 heterocycles. The summed E-state index contributed by atoms with van der Waals surface area (Å²) in [6.07, 6.45) is 4.85. The summed E-state index contributed by atoms with van der Waals surface area (Å²) in [4.78, 5) is 8.15. The van der Waals surface area contributed by atoms with Crippen LogP contribution in [0.4, 0.5) is 24.8 Å². The molecule has 1 N–H and O–H groups in total. The zero-order valence-electron chi connectivity index (χ0n) is 20.1. The van der Waals surface area contributed by atoms with Gasteiger partial charge in [-0.25, -0.2) is 18.4 Å². The van der Waals surface area contributed by atoms with Crippen molar-refractivity contribution >= 4 is 21.5 Å². The van der Waals surface area contributed by atoms with E-state index in [0.29, 0.717) is 5.69 Å². The lowest BCUT2D eigenvalue weighted by Gasteiger charge is -2.50. The number of aryl methyl sites for hydroxylation is 1. The molecule has 2 aliphatic carbocycles. The number of rotatable bonds is 5. The highest BCUT2D eigenvalue weighted by molar-refractivity contribution is 7.92. The molecule has 192 valence electrons. The van der Waals surface area contributed by atoms with Gasteiger partial charge in [-0.3, -0.25) is 4.68 Å². The molecule has 11 heteroatoms. The van der Waals surface area contributed by atoms with Crippen molar-refractivity contribution < 1.29 is 21.6 Å². The molecule has 0 unspecified atom stereocenters. The van der Waals surface area contributed by atoms with Crippen LogP contribution in [0.25, 0.3) is 11.3 Å². The number of benzene rings is 1. The van der Waals surface area contributed by atoms with Gasteiger partial charge in [0.25, 0.3) is 0 Å². The van der Waals surface area contributed by atoms with Crippen LogP contribution in [0.5, 0.6) is 0 Å². The highest BCUT2D eigenvalue weighted by atomic mass is 32.2. The molecule has 0 bridgehead atoms. The van der Waals surface area contributed by atoms with Crippen molar-refractivity contribution in [1.82, 2.24) is 19.7 Å². The predicted octanol–water partition coefficient (Wildman–Crippen LogP) is 5.77. The zero-order chi connectivity index (χ0) is 25.7. The van der Waals surface area contributed by atoms with E-state index in [4.69, 9.17) is 0 Å². The highest BCUT2D eigenvalue weighted by Crippen LogP contribution is 2.55. The first kappa shape index (κ1) is 24.7. The number of nitrogens with zero attached hydrogens (tertiary/aromatic N) is 4. The Morgan fingerprint density at radius 3 is 2.33 bits per heavy atom. The fourth-order valence-electron chi connectivity index (χ4n) is 5.37. The molecule has 2 aliphatic rings. The molecule has 7 nitrogen and oxygen atoms in total. The lowest BCUT2D eigenvalue weighted by Crippen LogP contribution is -2.47. The monoisotopic (exact) mass is 519 g/mol. The maximum atomic E-state index is 13.5. The Kier molecular flexibility index (Phi) is 6.09. The van der Waals surface area contributed by atoms with Gasteiger partial charge in [0.05, 0.1) is 22.0 Å². The predicted molar refractivity (Wildman–Crippen MR) is 129 cm³/mol. The molecule has 1 spiro atoms. The summed E-state index contributed by atoms with van der Waals surface area (Å²) >= 11 is 0. The minimum atomic E-state index is -4.63. The first-order valence-corrected chi connectivity index (χ1v) is 13.5. The van der Waals surface area contributed by atoms with Crippen molar-refractivity contribution in [3.05, 3.63) is 48.4 Å². The van der Waals surface area contributed by atoms with E-state index >= 15 is 0 Å². The van der Waals surface area contributed by atoms with E-state index in [0.717, 1.165) is 37.8 Å². The minimum Gasteiger partial charge on any atom is -0.324 e. The fourth-order valence-corrected chi connectivity index (χ4v) is 7.42. The van der Waals surface area contributed by atoms with Crippen LogP contribution in [0.1, 0.15) is 51.0 Å². The quantitative estimate of drug-likeness (QED) is 0.460. The number of alkyl halides is 3.